The molecule has 2 heterocycles. The molecule has 1 atom stereocenters. The average molecular weight is 537 g/mol. The Kier molecular flexibility index (Phi) is 7.66. The summed E-state index contributed by atoms with van der Waals surface area (Å²) in [6.45, 7) is 1.85. The molecule has 1 aromatic carbocycles. The number of carbonyl (C=O) groups is 1. The Morgan fingerprint density at radius 1 is 1.09 bits per heavy atom. The van der Waals surface area contributed by atoms with Crippen LogP contribution in [0.2, 0.25) is 10.0 Å². The molecule has 182 valence electrons. The molecule has 2 fully saturated rings. The van der Waals surface area contributed by atoms with Crippen LogP contribution in [-0.4, -0.2) is 59.3 Å². The number of amidine groups is 1. The third-order valence-electron chi connectivity index (χ3n) is 6.37. The van der Waals surface area contributed by atoms with Crippen LogP contribution >= 0.6 is 35.0 Å². The third kappa shape index (κ3) is 5.88. The Morgan fingerprint density at radius 3 is 2.36 bits per heavy atom. The van der Waals surface area contributed by atoms with Crippen molar-refractivity contribution < 1.29 is 17.9 Å². The summed E-state index contributed by atoms with van der Waals surface area (Å²) in [5.41, 5.74) is 5.64. The first kappa shape index (κ1) is 24.9. The number of halogens is 2. The number of nitrogens with two attached hydrogens (primary N) is 2. The molecule has 9 nitrogen and oxygen atoms in total. The van der Waals surface area contributed by atoms with Crippen molar-refractivity contribution in [3.05, 3.63) is 28.2 Å². The number of sulfonamides is 1. The lowest BCUT2D eigenvalue weighted by Gasteiger charge is -2.40. The van der Waals surface area contributed by atoms with E-state index in [0.717, 1.165) is 61.3 Å². The maximum Gasteiger partial charge on any atom is 0.247 e. The highest BCUT2D eigenvalue weighted by Crippen LogP contribution is 2.35. The van der Waals surface area contributed by atoms with Crippen LogP contribution in [0.5, 0.6) is 5.75 Å². The van der Waals surface area contributed by atoms with Gasteiger partial charge in [0.05, 0.1) is 10.0 Å². The molecule has 0 bridgehead atoms. The number of hydrogen-bond donors (Lipinski definition) is 2. The monoisotopic (exact) mass is 535 g/mol. The summed E-state index contributed by atoms with van der Waals surface area (Å²) < 4.78 is 28.4. The number of nitrogens with zero attached hydrogens (tertiary/aromatic N) is 3. The lowest BCUT2D eigenvalue weighted by Crippen LogP contribution is -2.47. The molecular formula is C20H27Cl2N5O4S2. The molecular weight excluding hydrogens is 509 g/mol. The van der Waals surface area contributed by atoms with Crippen LogP contribution in [0.15, 0.2) is 23.3 Å². The van der Waals surface area contributed by atoms with Crippen LogP contribution in [0.1, 0.15) is 38.5 Å². The second-order valence-corrected chi connectivity index (χ2v) is 12.4. The Hall–Kier alpha value is -1.24. The van der Waals surface area contributed by atoms with Gasteiger partial charge in [-0.3, -0.25) is 4.79 Å². The van der Waals surface area contributed by atoms with Gasteiger partial charge >= 0.3 is 0 Å². The highest BCUT2D eigenvalue weighted by Gasteiger charge is 2.42. The summed E-state index contributed by atoms with van der Waals surface area (Å²) in [5.74, 6) is 0.119. The van der Waals surface area contributed by atoms with E-state index < -0.39 is 14.7 Å². The molecule has 33 heavy (non-hydrogen) atoms. The highest BCUT2D eigenvalue weighted by molar-refractivity contribution is 8.22. The number of rotatable bonds is 5. The Morgan fingerprint density at radius 2 is 1.76 bits per heavy atom. The smallest absolute Gasteiger partial charge is 0.247 e. The van der Waals surface area contributed by atoms with Gasteiger partial charge in [0.1, 0.15) is 11.9 Å². The van der Waals surface area contributed by atoms with Crippen molar-refractivity contribution in [2.75, 3.05) is 13.1 Å². The van der Waals surface area contributed by atoms with Gasteiger partial charge in [-0.2, -0.15) is 5.01 Å². The summed E-state index contributed by atoms with van der Waals surface area (Å²) in [5, 5.41) is 11.1. The van der Waals surface area contributed by atoms with Gasteiger partial charge in [-0.05, 0) is 62.4 Å². The molecule has 0 radical (unpaired) electrons. The summed E-state index contributed by atoms with van der Waals surface area (Å²) in [6.07, 6.45) is 5.04. The molecule has 1 amide bonds. The zero-order valence-corrected chi connectivity index (χ0v) is 21.0. The van der Waals surface area contributed by atoms with Gasteiger partial charge in [0, 0.05) is 31.1 Å². The van der Waals surface area contributed by atoms with Crippen molar-refractivity contribution in [1.29, 1.82) is 0 Å². The molecule has 1 aliphatic carbocycles. The molecule has 1 saturated heterocycles. The van der Waals surface area contributed by atoms with E-state index >= 15 is 0 Å². The summed E-state index contributed by atoms with van der Waals surface area (Å²) in [7, 11) is -3.99. The number of thioether (sulfide) groups is 1. The van der Waals surface area contributed by atoms with Crippen molar-refractivity contribution in [2.24, 2.45) is 21.9 Å². The Balaban J connectivity index is 1.26. The largest absolute Gasteiger partial charge is 0.490 e. The zero-order valence-electron chi connectivity index (χ0n) is 17.9. The third-order valence-corrected chi connectivity index (χ3v) is 9.69. The minimum absolute atomic E-state index is 0.0297. The van der Waals surface area contributed by atoms with Gasteiger partial charge in [-0.15, -0.1) is 5.10 Å². The van der Waals surface area contributed by atoms with E-state index in [9.17, 15) is 13.2 Å². The molecule has 4 rings (SSSR count). The van der Waals surface area contributed by atoms with Crippen molar-refractivity contribution in [2.45, 2.75) is 55.4 Å². The van der Waals surface area contributed by atoms with Crippen LogP contribution in [-0.2, 0) is 14.8 Å². The number of hydrazone groups is 1. The molecule has 0 aromatic heterocycles. The number of primary sulfonamides is 1. The van der Waals surface area contributed by atoms with E-state index in [2.05, 4.69) is 10.0 Å². The lowest BCUT2D eigenvalue weighted by molar-refractivity contribution is -0.136. The summed E-state index contributed by atoms with van der Waals surface area (Å²) >= 11 is 12.8. The fraction of sp³-hybridized carbons (Fsp3) is 0.600. The first-order valence-electron chi connectivity index (χ1n) is 10.8. The quantitative estimate of drug-likeness (QED) is 0.592. The molecule has 1 unspecified atom stereocenters. The van der Waals surface area contributed by atoms with Gasteiger partial charge in [0.2, 0.25) is 20.6 Å². The minimum Gasteiger partial charge on any atom is -0.490 e. The molecule has 1 aromatic rings. The van der Waals surface area contributed by atoms with Gasteiger partial charge in [-0.25, -0.2) is 13.6 Å². The van der Waals surface area contributed by atoms with E-state index in [4.69, 9.17) is 38.8 Å². The summed E-state index contributed by atoms with van der Waals surface area (Å²) in [6, 6.07) is 5.71. The maximum atomic E-state index is 12.9. The number of amides is 1. The van der Waals surface area contributed by atoms with Gasteiger partial charge < -0.3 is 15.4 Å². The average Bonchev–Trinajstić information content (AvgIpc) is 3.19. The van der Waals surface area contributed by atoms with Crippen LogP contribution in [0.4, 0.5) is 0 Å². The number of carbonyl (C=O) groups excluding carboxylic acids is 1. The lowest BCUT2D eigenvalue weighted by atomic mass is 9.84. The predicted octanol–water partition coefficient (Wildman–Crippen LogP) is 2.77. The first-order chi connectivity index (χ1) is 15.6. The van der Waals surface area contributed by atoms with E-state index in [1.807, 2.05) is 6.07 Å². The molecule has 2 aliphatic heterocycles. The fourth-order valence-electron chi connectivity index (χ4n) is 4.67. The number of ether oxygens (including phenoxy) is 1. The van der Waals surface area contributed by atoms with Crippen LogP contribution in [0, 0.1) is 5.92 Å². The zero-order chi connectivity index (χ0) is 23.8. The molecule has 13 heteroatoms. The topological polar surface area (TPSA) is 131 Å². The van der Waals surface area contributed by atoms with E-state index in [-0.39, 0.29) is 23.1 Å². The van der Waals surface area contributed by atoms with Crippen molar-refractivity contribution in [1.82, 2.24) is 9.91 Å². The van der Waals surface area contributed by atoms with Crippen molar-refractivity contribution >= 4 is 56.1 Å². The molecule has 3 aliphatic rings. The van der Waals surface area contributed by atoms with E-state index in [0.29, 0.717) is 28.9 Å². The van der Waals surface area contributed by atoms with Crippen LogP contribution in [0.3, 0.4) is 0 Å². The van der Waals surface area contributed by atoms with Crippen LogP contribution < -0.4 is 15.6 Å². The SMILES string of the molecule is NC1=NN(C(=O)C2CCC(N3CCC(Oc4ccc(Cl)c(Cl)c4)CC3)CC2)C(S(N)(=O)=O)S1. The van der Waals surface area contributed by atoms with Crippen molar-refractivity contribution in [3.8, 4) is 5.75 Å². The highest BCUT2D eigenvalue weighted by atomic mass is 35.5. The second-order valence-electron chi connectivity index (χ2n) is 8.57. The number of benzene rings is 1. The van der Waals surface area contributed by atoms with Crippen LogP contribution in [0.25, 0.3) is 0 Å². The van der Waals surface area contributed by atoms with Gasteiger partial charge in [0.15, 0.2) is 5.17 Å². The molecule has 4 N–H and O–H groups in total. The van der Waals surface area contributed by atoms with E-state index in [1.54, 1.807) is 12.1 Å². The number of hydrogen-bond acceptors (Lipinski definition) is 8. The second kappa shape index (κ2) is 10.2. The fourth-order valence-corrected chi connectivity index (χ4v) is 6.81. The Labute approximate surface area is 207 Å². The molecule has 0 spiro atoms. The van der Waals surface area contributed by atoms with Crippen molar-refractivity contribution in [3.63, 3.8) is 0 Å². The number of piperidine rings is 1. The maximum absolute atomic E-state index is 12.9. The number of likely N-dealkylation sites (tertiary alicyclic amines) is 1. The first-order valence-corrected chi connectivity index (χ1v) is 14.1. The summed E-state index contributed by atoms with van der Waals surface area (Å²) in [4.78, 5) is 15.4. The van der Waals surface area contributed by atoms with E-state index in [1.165, 1.54) is 0 Å². The van der Waals surface area contributed by atoms with Gasteiger partial charge in [0.25, 0.3) is 0 Å². The van der Waals surface area contributed by atoms with Gasteiger partial charge in [-0.1, -0.05) is 23.2 Å². The predicted molar refractivity (Wildman–Crippen MR) is 130 cm³/mol. The Bertz CT molecular complexity index is 1030. The normalized spacial score (nSPS) is 27.4. The molecule has 1 saturated carbocycles. The standard InChI is InChI=1S/C20H27Cl2N5O4S2/c21-16-6-5-15(11-17(16)22)31-14-7-9-26(10-8-14)13-3-1-12(2-4-13)18(28)27-20(33(24,29)30)32-19(23)25-27/h5-6,11-14,20H,1-4,7-10H2,(H2,23,25)(H2,24,29,30). The minimum atomic E-state index is -3.99.